The van der Waals surface area contributed by atoms with Crippen molar-refractivity contribution in [2.45, 2.75) is 72.9 Å². The van der Waals surface area contributed by atoms with E-state index in [-0.39, 0.29) is 0 Å². The van der Waals surface area contributed by atoms with Gasteiger partial charge in [0.2, 0.25) is 0 Å². The SMILES string of the molecule is [CH2]CC(S)CCC(S)CCC(S)CCC(C)S. The van der Waals surface area contributed by atoms with Crippen LogP contribution in [-0.2, 0) is 0 Å². The largest absolute Gasteiger partial charge is 0.176 e. The Morgan fingerprint density at radius 2 is 1.06 bits per heavy atom. The zero-order chi connectivity index (χ0) is 13.3. The highest BCUT2D eigenvalue weighted by Gasteiger charge is 2.10. The fourth-order valence-corrected chi connectivity index (χ4v) is 2.53. The molecule has 0 rings (SSSR count). The molecule has 0 aromatic carbocycles. The summed E-state index contributed by atoms with van der Waals surface area (Å²) in [6.45, 7) is 5.99. The zero-order valence-corrected chi connectivity index (χ0v) is 14.3. The molecule has 0 saturated heterocycles. The van der Waals surface area contributed by atoms with Gasteiger partial charge in [-0.2, -0.15) is 50.5 Å². The second-order valence-electron chi connectivity index (χ2n) is 4.83. The van der Waals surface area contributed by atoms with Crippen LogP contribution in [0.15, 0.2) is 0 Å². The average molecular weight is 312 g/mol. The third kappa shape index (κ3) is 12.2. The van der Waals surface area contributed by atoms with Gasteiger partial charge < -0.3 is 0 Å². The van der Waals surface area contributed by atoms with Crippen LogP contribution in [0.5, 0.6) is 0 Å². The highest BCUT2D eigenvalue weighted by atomic mass is 32.1. The van der Waals surface area contributed by atoms with Crippen LogP contribution >= 0.6 is 50.5 Å². The fourth-order valence-electron chi connectivity index (χ4n) is 1.64. The quantitative estimate of drug-likeness (QED) is 0.411. The molecule has 1 radical (unpaired) electrons. The first kappa shape index (κ1) is 18.4. The minimum absolute atomic E-state index is 0.432. The Hall–Kier alpha value is 1.40. The molecule has 103 valence electrons. The number of hydrogen-bond acceptors (Lipinski definition) is 4. The molecular weight excluding hydrogens is 284 g/mol. The van der Waals surface area contributed by atoms with E-state index < -0.39 is 0 Å². The number of rotatable bonds is 10. The van der Waals surface area contributed by atoms with E-state index in [2.05, 4.69) is 64.4 Å². The molecular formula is C13H27S4. The maximum absolute atomic E-state index is 4.62. The summed E-state index contributed by atoms with van der Waals surface area (Å²) in [5.41, 5.74) is 0. The van der Waals surface area contributed by atoms with Crippen molar-refractivity contribution in [3.05, 3.63) is 6.92 Å². The molecule has 17 heavy (non-hydrogen) atoms. The number of hydrogen-bond donors (Lipinski definition) is 4. The smallest absolute Gasteiger partial charge is 0.00176 e. The second kappa shape index (κ2) is 11.2. The van der Waals surface area contributed by atoms with Crippen molar-refractivity contribution in [3.63, 3.8) is 0 Å². The van der Waals surface area contributed by atoms with Crippen LogP contribution in [0.1, 0.15) is 51.9 Å². The van der Waals surface area contributed by atoms with Crippen molar-refractivity contribution in [1.29, 1.82) is 0 Å². The van der Waals surface area contributed by atoms with E-state index in [1.54, 1.807) is 0 Å². The first-order valence-electron chi connectivity index (χ1n) is 6.47. The number of thiol groups is 4. The van der Waals surface area contributed by atoms with Crippen LogP contribution in [0.4, 0.5) is 0 Å². The predicted octanol–water partition coefficient (Wildman–Crippen LogP) is 4.76. The molecule has 0 N–H and O–H groups in total. The van der Waals surface area contributed by atoms with Gasteiger partial charge in [-0.05, 0) is 50.2 Å². The van der Waals surface area contributed by atoms with E-state index in [4.69, 9.17) is 0 Å². The maximum Gasteiger partial charge on any atom is 0.00176 e. The molecule has 0 fully saturated rings. The summed E-state index contributed by atoms with van der Waals surface area (Å²) >= 11 is 18.1. The summed E-state index contributed by atoms with van der Waals surface area (Å²) in [7, 11) is 0. The summed E-state index contributed by atoms with van der Waals surface area (Å²) in [6.07, 6.45) is 7.76. The predicted molar refractivity (Wildman–Crippen MR) is 94.4 cm³/mol. The Labute approximate surface area is 130 Å². The van der Waals surface area contributed by atoms with Gasteiger partial charge in [-0.3, -0.25) is 0 Å². The van der Waals surface area contributed by atoms with Crippen molar-refractivity contribution in [2.75, 3.05) is 0 Å². The van der Waals surface area contributed by atoms with E-state index in [1.165, 1.54) is 0 Å². The van der Waals surface area contributed by atoms with Gasteiger partial charge in [0, 0.05) is 15.7 Å². The molecule has 0 aliphatic rings. The lowest BCUT2D eigenvalue weighted by Gasteiger charge is -2.16. The van der Waals surface area contributed by atoms with Gasteiger partial charge in [0.15, 0.2) is 0 Å². The Balaban J connectivity index is 3.51. The van der Waals surface area contributed by atoms with Gasteiger partial charge in [0.1, 0.15) is 0 Å². The Morgan fingerprint density at radius 1 is 0.706 bits per heavy atom. The Morgan fingerprint density at radius 3 is 1.41 bits per heavy atom. The molecule has 0 nitrogen and oxygen atoms in total. The molecule has 0 aliphatic carbocycles. The average Bonchev–Trinajstić information content (AvgIpc) is 2.30. The lowest BCUT2D eigenvalue weighted by molar-refractivity contribution is 0.585. The molecule has 4 heteroatoms. The van der Waals surface area contributed by atoms with Crippen LogP contribution in [0.2, 0.25) is 0 Å². The van der Waals surface area contributed by atoms with Gasteiger partial charge in [-0.25, -0.2) is 0 Å². The summed E-state index contributed by atoms with van der Waals surface area (Å²) in [5, 5.41) is 1.90. The van der Waals surface area contributed by atoms with Crippen molar-refractivity contribution in [3.8, 4) is 0 Å². The normalized spacial score (nSPS) is 18.7. The standard InChI is InChI=1S/C13H27S4/c1-3-11(15)6-7-13(17)9-8-12(16)5-4-10(2)14/h10-17H,1,3-9H2,2H3. The summed E-state index contributed by atoms with van der Waals surface area (Å²) in [5.74, 6) is 0. The highest BCUT2D eigenvalue weighted by molar-refractivity contribution is 7.81. The molecule has 0 amide bonds. The molecule has 0 aromatic heterocycles. The van der Waals surface area contributed by atoms with Gasteiger partial charge >= 0.3 is 0 Å². The summed E-state index contributed by atoms with van der Waals surface area (Å²) in [6, 6.07) is 0. The topological polar surface area (TPSA) is 0 Å². The zero-order valence-electron chi connectivity index (χ0n) is 10.8. The molecule has 0 aromatic rings. The van der Waals surface area contributed by atoms with Gasteiger partial charge in [-0.15, -0.1) is 0 Å². The second-order valence-corrected chi connectivity index (χ2v) is 7.90. The minimum atomic E-state index is 0.432. The molecule has 0 heterocycles. The van der Waals surface area contributed by atoms with Crippen LogP contribution < -0.4 is 0 Å². The van der Waals surface area contributed by atoms with Crippen LogP contribution in [0, 0.1) is 6.92 Å². The van der Waals surface area contributed by atoms with Gasteiger partial charge in [0.25, 0.3) is 0 Å². The fraction of sp³-hybridized carbons (Fsp3) is 0.923. The molecule has 0 bridgehead atoms. The monoisotopic (exact) mass is 311 g/mol. The van der Waals surface area contributed by atoms with E-state index in [0.29, 0.717) is 21.0 Å². The van der Waals surface area contributed by atoms with Crippen molar-refractivity contribution in [2.24, 2.45) is 0 Å². The summed E-state index contributed by atoms with van der Waals surface area (Å²) < 4.78 is 0. The van der Waals surface area contributed by atoms with Crippen molar-refractivity contribution >= 4 is 50.5 Å². The Bertz CT molecular complexity index is 173. The molecule has 4 unspecified atom stereocenters. The maximum atomic E-state index is 4.62. The third-order valence-corrected chi connectivity index (χ3v) is 4.72. The van der Waals surface area contributed by atoms with E-state index in [9.17, 15) is 0 Å². The highest BCUT2D eigenvalue weighted by Crippen LogP contribution is 2.21. The van der Waals surface area contributed by atoms with Gasteiger partial charge in [-0.1, -0.05) is 13.8 Å². The van der Waals surface area contributed by atoms with Crippen molar-refractivity contribution in [1.82, 2.24) is 0 Å². The van der Waals surface area contributed by atoms with E-state index in [1.807, 2.05) is 0 Å². The molecule has 0 saturated carbocycles. The van der Waals surface area contributed by atoms with Gasteiger partial charge in [0.05, 0.1) is 0 Å². The first-order chi connectivity index (χ1) is 7.95. The Kier molecular flexibility index (Phi) is 12.2. The van der Waals surface area contributed by atoms with Crippen LogP contribution in [-0.4, -0.2) is 21.0 Å². The third-order valence-electron chi connectivity index (χ3n) is 2.92. The lowest BCUT2D eigenvalue weighted by Crippen LogP contribution is -2.09. The van der Waals surface area contributed by atoms with Crippen molar-refractivity contribution < 1.29 is 0 Å². The van der Waals surface area contributed by atoms with E-state index in [0.717, 1.165) is 44.9 Å². The molecule has 0 aliphatic heterocycles. The summed E-state index contributed by atoms with van der Waals surface area (Å²) in [4.78, 5) is 0. The van der Waals surface area contributed by atoms with Crippen LogP contribution in [0.25, 0.3) is 0 Å². The van der Waals surface area contributed by atoms with E-state index >= 15 is 0 Å². The first-order valence-corrected chi connectivity index (χ1v) is 8.53. The molecule has 4 atom stereocenters. The lowest BCUT2D eigenvalue weighted by atomic mass is 10.0. The molecule has 0 spiro atoms. The minimum Gasteiger partial charge on any atom is -0.176 e. The van der Waals surface area contributed by atoms with Crippen LogP contribution in [0.3, 0.4) is 0 Å².